The van der Waals surface area contributed by atoms with Crippen LogP contribution in [0.25, 0.3) is 0 Å². The van der Waals surface area contributed by atoms with E-state index >= 15 is 0 Å². The number of nitriles is 1. The van der Waals surface area contributed by atoms with E-state index in [9.17, 15) is 0 Å². The van der Waals surface area contributed by atoms with E-state index in [1.807, 2.05) is 0 Å². The molecule has 1 N–H and O–H groups in total. The minimum absolute atomic E-state index is 0.334. The predicted octanol–water partition coefficient (Wildman–Crippen LogP) is 3.27. The highest BCUT2D eigenvalue weighted by atomic mass is 32.2. The lowest BCUT2D eigenvalue weighted by atomic mass is 9.53. The van der Waals surface area contributed by atoms with E-state index in [-0.39, 0.29) is 0 Å². The quantitative estimate of drug-likeness (QED) is 0.779. The van der Waals surface area contributed by atoms with Crippen LogP contribution in [0, 0.1) is 29.1 Å². The highest BCUT2D eigenvalue weighted by Gasteiger charge is 2.50. The van der Waals surface area contributed by atoms with Gasteiger partial charge in [0.2, 0.25) is 0 Å². The van der Waals surface area contributed by atoms with Gasteiger partial charge < -0.3 is 5.32 Å². The van der Waals surface area contributed by atoms with Gasteiger partial charge in [-0.25, -0.2) is 0 Å². The van der Waals surface area contributed by atoms with Crippen molar-refractivity contribution in [3.8, 4) is 6.07 Å². The molecule has 4 aliphatic carbocycles. The highest BCUT2D eigenvalue weighted by molar-refractivity contribution is 8.02. The van der Waals surface area contributed by atoms with Crippen molar-refractivity contribution in [2.24, 2.45) is 17.8 Å². The normalized spacial score (nSPS) is 43.5. The van der Waals surface area contributed by atoms with Crippen molar-refractivity contribution < 1.29 is 0 Å². The summed E-state index contributed by atoms with van der Waals surface area (Å²) in [4.78, 5) is 0. The number of nitrogens with one attached hydrogen (secondary N) is 1. The van der Waals surface area contributed by atoms with Gasteiger partial charge in [-0.05, 0) is 62.5 Å². The molecule has 4 aliphatic rings. The first-order chi connectivity index (χ1) is 8.23. The van der Waals surface area contributed by atoms with Crippen LogP contribution in [0.4, 0.5) is 0 Å². The van der Waals surface area contributed by atoms with Crippen molar-refractivity contribution in [3.05, 3.63) is 11.1 Å². The van der Waals surface area contributed by atoms with Crippen molar-refractivity contribution in [3.63, 3.8) is 0 Å². The molecule has 0 aromatic rings. The van der Waals surface area contributed by atoms with Gasteiger partial charge in [-0.15, -0.1) is 11.8 Å². The number of allylic oxidation sites excluding steroid dienone is 1. The first-order valence-corrected chi connectivity index (χ1v) is 7.87. The number of hydrogen-bond acceptors (Lipinski definition) is 3. The summed E-state index contributed by atoms with van der Waals surface area (Å²) in [6.45, 7) is 0. The van der Waals surface area contributed by atoms with Crippen LogP contribution in [-0.4, -0.2) is 11.8 Å². The Hall–Kier alpha value is -0.620. The summed E-state index contributed by atoms with van der Waals surface area (Å²) in [5.74, 6) is 2.87. The zero-order valence-corrected chi connectivity index (χ0v) is 11.2. The van der Waals surface area contributed by atoms with Gasteiger partial charge in [0.25, 0.3) is 0 Å². The highest BCUT2D eigenvalue weighted by Crippen LogP contribution is 2.56. The maximum atomic E-state index is 8.80. The molecule has 0 atom stereocenters. The van der Waals surface area contributed by atoms with Crippen LogP contribution in [0.1, 0.15) is 38.5 Å². The van der Waals surface area contributed by atoms with Crippen molar-refractivity contribution in [1.29, 1.82) is 5.26 Å². The van der Waals surface area contributed by atoms with Crippen molar-refractivity contribution in [2.75, 3.05) is 6.26 Å². The largest absolute Gasteiger partial charge is 0.374 e. The lowest BCUT2D eigenvalue weighted by Gasteiger charge is -2.57. The Morgan fingerprint density at radius 2 is 1.76 bits per heavy atom. The average molecular weight is 248 g/mol. The summed E-state index contributed by atoms with van der Waals surface area (Å²) in [5.41, 5.74) is 0.334. The van der Waals surface area contributed by atoms with Gasteiger partial charge >= 0.3 is 0 Å². The molecule has 3 heteroatoms. The Balaban J connectivity index is 1.78. The number of thioether (sulfide) groups is 1. The molecule has 0 aliphatic heterocycles. The van der Waals surface area contributed by atoms with Gasteiger partial charge in [-0.2, -0.15) is 5.26 Å². The molecule has 0 aromatic carbocycles. The maximum Gasteiger partial charge on any atom is 0.0939 e. The smallest absolute Gasteiger partial charge is 0.0939 e. The Morgan fingerprint density at radius 3 is 2.18 bits per heavy atom. The molecule has 17 heavy (non-hydrogen) atoms. The van der Waals surface area contributed by atoms with Crippen LogP contribution in [0.15, 0.2) is 11.1 Å². The Labute approximate surface area is 108 Å². The lowest BCUT2D eigenvalue weighted by Crippen LogP contribution is -2.57. The molecule has 4 rings (SSSR count). The van der Waals surface area contributed by atoms with Crippen LogP contribution < -0.4 is 5.32 Å². The molecule has 92 valence electrons. The molecule has 0 amide bonds. The molecule has 0 unspecified atom stereocenters. The van der Waals surface area contributed by atoms with E-state index in [2.05, 4.69) is 17.6 Å². The maximum absolute atomic E-state index is 8.80. The van der Waals surface area contributed by atoms with Crippen molar-refractivity contribution in [1.82, 2.24) is 5.32 Å². The zero-order valence-electron chi connectivity index (χ0n) is 10.4. The second kappa shape index (κ2) is 4.24. The minimum atomic E-state index is 0.334. The van der Waals surface area contributed by atoms with Gasteiger partial charge in [0, 0.05) is 11.6 Å². The number of nitrogens with zero attached hydrogens (tertiary/aromatic N) is 1. The third-order valence-corrected chi connectivity index (χ3v) is 5.50. The Bertz CT molecular complexity index is 345. The molecule has 0 radical (unpaired) electrons. The molecule has 0 spiro atoms. The van der Waals surface area contributed by atoms with Crippen LogP contribution in [0.5, 0.6) is 0 Å². The standard InChI is InChI=1S/C14H20N2S/c1-17-13(2-3-15)16-14-7-10-4-11(8-14)6-12(5-10)9-14/h2,10-12,16H,4-9H2,1H3/b13-2-. The van der Waals surface area contributed by atoms with Gasteiger partial charge in [-0.3, -0.25) is 0 Å². The Kier molecular flexibility index (Phi) is 2.86. The number of rotatable bonds is 3. The van der Waals surface area contributed by atoms with Crippen LogP contribution in [0.2, 0.25) is 0 Å². The molecule has 4 saturated carbocycles. The number of hydrogen-bond donors (Lipinski definition) is 1. The van der Waals surface area contributed by atoms with Crippen molar-refractivity contribution >= 4 is 11.8 Å². The monoisotopic (exact) mass is 248 g/mol. The third-order valence-electron chi connectivity index (χ3n) is 4.84. The molecular weight excluding hydrogens is 228 g/mol. The molecule has 0 aromatic heterocycles. The summed E-state index contributed by atoms with van der Waals surface area (Å²) in [6, 6.07) is 2.16. The van der Waals surface area contributed by atoms with Crippen LogP contribution in [-0.2, 0) is 0 Å². The fraction of sp³-hybridized carbons (Fsp3) is 0.786. The van der Waals surface area contributed by atoms with E-state index in [1.54, 1.807) is 17.8 Å². The second-order valence-electron chi connectivity index (χ2n) is 6.16. The molecule has 2 nitrogen and oxygen atoms in total. The second-order valence-corrected chi connectivity index (χ2v) is 7.01. The van der Waals surface area contributed by atoms with E-state index in [0.717, 1.165) is 22.8 Å². The van der Waals surface area contributed by atoms with Crippen LogP contribution in [0.3, 0.4) is 0 Å². The summed E-state index contributed by atoms with van der Waals surface area (Å²) in [6.07, 6.45) is 12.1. The van der Waals surface area contributed by atoms with Crippen LogP contribution >= 0.6 is 11.8 Å². The molecule has 4 bridgehead atoms. The summed E-state index contributed by atoms with van der Waals surface area (Å²) in [5, 5.41) is 13.6. The average Bonchev–Trinajstić information content (AvgIpc) is 2.26. The topological polar surface area (TPSA) is 35.8 Å². The first kappa shape index (κ1) is 11.5. The van der Waals surface area contributed by atoms with Gasteiger partial charge in [0.1, 0.15) is 0 Å². The van der Waals surface area contributed by atoms with Gasteiger partial charge in [-0.1, -0.05) is 0 Å². The van der Waals surface area contributed by atoms with E-state index in [0.29, 0.717) is 5.54 Å². The molecule has 4 fully saturated rings. The SMILES string of the molecule is CS/C(=C\C#N)NC12CC3CC(CC(C3)C1)C2. The Morgan fingerprint density at radius 1 is 1.24 bits per heavy atom. The molecular formula is C14H20N2S. The van der Waals surface area contributed by atoms with Crippen molar-refractivity contribution in [2.45, 2.75) is 44.1 Å². The van der Waals surface area contributed by atoms with E-state index < -0.39 is 0 Å². The molecule has 0 saturated heterocycles. The fourth-order valence-electron chi connectivity index (χ4n) is 4.73. The summed E-state index contributed by atoms with van der Waals surface area (Å²) < 4.78 is 0. The van der Waals surface area contributed by atoms with Gasteiger partial charge in [0.15, 0.2) is 0 Å². The zero-order chi connectivity index (χ0) is 11.9. The van der Waals surface area contributed by atoms with E-state index in [4.69, 9.17) is 5.26 Å². The first-order valence-electron chi connectivity index (χ1n) is 6.65. The predicted molar refractivity (Wildman–Crippen MR) is 71.2 cm³/mol. The van der Waals surface area contributed by atoms with E-state index in [1.165, 1.54) is 38.5 Å². The fourth-order valence-corrected chi connectivity index (χ4v) is 5.22. The summed E-state index contributed by atoms with van der Waals surface area (Å²) >= 11 is 1.67. The lowest BCUT2D eigenvalue weighted by molar-refractivity contribution is -0.0135. The molecule has 0 heterocycles. The summed E-state index contributed by atoms with van der Waals surface area (Å²) in [7, 11) is 0. The third kappa shape index (κ3) is 2.08. The van der Waals surface area contributed by atoms with Gasteiger partial charge in [0.05, 0.1) is 11.1 Å². The minimum Gasteiger partial charge on any atom is -0.374 e.